The van der Waals surface area contributed by atoms with E-state index in [4.69, 9.17) is 14.2 Å². The van der Waals surface area contributed by atoms with E-state index in [9.17, 15) is 9.59 Å². The number of fused-ring (bicyclic) bond motifs is 1. The van der Waals surface area contributed by atoms with Crippen molar-refractivity contribution in [2.24, 2.45) is 5.92 Å². The van der Waals surface area contributed by atoms with Gasteiger partial charge in [-0.05, 0) is 59.2 Å². The van der Waals surface area contributed by atoms with Gasteiger partial charge in [-0.15, -0.1) is 0 Å². The lowest BCUT2D eigenvalue weighted by atomic mass is 9.89. The molecule has 0 unspecified atom stereocenters. The van der Waals surface area contributed by atoms with Gasteiger partial charge < -0.3 is 19.5 Å². The van der Waals surface area contributed by atoms with Crippen LogP contribution in [0, 0.1) is 5.92 Å². The molecule has 2 atom stereocenters. The third-order valence-electron chi connectivity index (χ3n) is 4.73. The monoisotopic (exact) mass is 390 g/mol. The summed E-state index contributed by atoms with van der Waals surface area (Å²) in [6.07, 6.45) is 0.856. The number of hydrogen-bond acceptors (Lipinski definition) is 5. The molecule has 1 aromatic carbocycles. The molecule has 0 saturated carbocycles. The minimum absolute atomic E-state index is 0.00310. The molecule has 0 spiro atoms. The number of nitrogens with one attached hydrogen (secondary N) is 2. The molecule has 2 aliphatic rings. The second kappa shape index (κ2) is 7.62. The summed E-state index contributed by atoms with van der Waals surface area (Å²) in [5.41, 5.74) is 0.461. The molecular weight excluding hydrogens is 360 g/mol. The van der Waals surface area contributed by atoms with E-state index >= 15 is 0 Å². The van der Waals surface area contributed by atoms with Crippen LogP contribution in [0.4, 0.5) is 10.5 Å². The van der Waals surface area contributed by atoms with Crippen LogP contribution in [-0.2, 0) is 14.3 Å². The maximum Gasteiger partial charge on any atom is 0.412 e. The quantitative estimate of drug-likeness (QED) is 0.820. The molecule has 0 radical (unpaired) electrons. The van der Waals surface area contributed by atoms with Gasteiger partial charge in [0.2, 0.25) is 5.91 Å². The maximum atomic E-state index is 12.6. The SMILES string of the molecule is CC(C)(C)OC(=O)Nc1ccc2c(c1)[C@H](NC(=O)[C@@H]1CCOC1)CC(C)(C)O2. The Morgan fingerprint density at radius 2 is 2.00 bits per heavy atom. The summed E-state index contributed by atoms with van der Waals surface area (Å²) < 4.78 is 16.7. The molecule has 7 heteroatoms. The number of carbonyl (C=O) groups excluding carboxylic acids is 2. The van der Waals surface area contributed by atoms with Crippen molar-refractivity contribution in [3.8, 4) is 5.75 Å². The molecule has 3 rings (SSSR count). The first-order valence-electron chi connectivity index (χ1n) is 9.73. The second-order valence-corrected chi connectivity index (χ2v) is 9.07. The zero-order chi connectivity index (χ0) is 20.5. The number of amides is 2. The average Bonchev–Trinajstić information content (AvgIpc) is 3.07. The molecule has 0 bridgehead atoms. The lowest BCUT2D eigenvalue weighted by Crippen LogP contribution is -2.43. The number of ether oxygens (including phenoxy) is 3. The molecule has 0 aromatic heterocycles. The molecule has 1 saturated heterocycles. The van der Waals surface area contributed by atoms with E-state index in [1.165, 1.54) is 0 Å². The third-order valence-corrected chi connectivity index (χ3v) is 4.73. The topological polar surface area (TPSA) is 85.9 Å². The summed E-state index contributed by atoms with van der Waals surface area (Å²) in [7, 11) is 0. The van der Waals surface area contributed by atoms with Crippen molar-refractivity contribution >= 4 is 17.7 Å². The first-order valence-corrected chi connectivity index (χ1v) is 9.73. The van der Waals surface area contributed by atoms with Crippen LogP contribution in [0.1, 0.15) is 59.1 Å². The van der Waals surface area contributed by atoms with E-state index in [0.717, 1.165) is 12.0 Å². The molecule has 0 aliphatic carbocycles. The van der Waals surface area contributed by atoms with E-state index < -0.39 is 17.3 Å². The number of anilines is 1. The van der Waals surface area contributed by atoms with Gasteiger partial charge in [0, 0.05) is 24.3 Å². The lowest BCUT2D eigenvalue weighted by Gasteiger charge is -2.38. The second-order valence-electron chi connectivity index (χ2n) is 9.07. The van der Waals surface area contributed by atoms with Crippen LogP contribution in [0.25, 0.3) is 0 Å². The fourth-order valence-corrected chi connectivity index (χ4v) is 3.51. The molecule has 7 nitrogen and oxygen atoms in total. The smallest absolute Gasteiger partial charge is 0.412 e. The summed E-state index contributed by atoms with van der Waals surface area (Å²) in [6, 6.07) is 5.23. The van der Waals surface area contributed by atoms with Gasteiger partial charge in [-0.2, -0.15) is 0 Å². The molecule has 2 aliphatic heterocycles. The fraction of sp³-hybridized carbons (Fsp3) is 0.619. The Labute approximate surface area is 166 Å². The van der Waals surface area contributed by atoms with Gasteiger partial charge in [0.05, 0.1) is 18.6 Å². The average molecular weight is 390 g/mol. The lowest BCUT2D eigenvalue weighted by molar-refractivity contribution is -0.126. The zero-order valence-corrected chi connectivity index (χ0v) is 17.3. The third kappa shape index (κ3) is 5.16. The Kier molecular flexibility index (Phi) is 5.57. The standard InChI is InChI=1S/C21H30N2O5/c1-20(2,3)28-19(25)22-14-6-7-17-15(10-14)16(11-21(4,5)27-17)23-18(24)13-8-9-26-12-13/h6-7,10,13,16H,8-9,11-12H2,1-5H3,(H,22,25)(H,23,24)/t13-,16-/m1/s1. The molecule has 1 fully saturated rings. The number of carbonyl (C=O) groups is 2. The first kappa shape index (κ1) is 20.5. The molecule has 1 aromatic rings. The summed E-state index contributed by atoms with van der Waals surface area (Å²) in [4.78, 5) is 24.7. The molecule has 2 N–H and O–H groups in total. The van der Waals surface area contributed by atoms with Crippen LogP contribution in [0.2, 0.25) is 0 Å². The van der Waals surface area contributed by atoms with Crippen LogP contribution < -0.4 is 15.4 Å². The van der Waals surface area contributed by atoms with Crippen molar-refractivity contribution in [1.82, 2.24) is 5.32 Å². The van der Waals surface area contributed by atoms with E-state index in [0.29, 0.717) is 31.1 Å². The van der Waals surface area contributed by atoms with Gasteiger partial charge in [0.15, 0.2) is 0 Å². The van der Waals surface area contributed by atoms with Gasteiger partial charge >= 0.3 is 6.09 Å². The first-order chi connectivity index (χ1) is 13.0. The van der Waals surface area contributed by atoms with Crippen molar-refractivity contribution in [2.45, 2.75) is 64.7 Å². The number of benzene rings is 1. The van der Waals surface area contributed by atoms with E-state index in [2.05, 4.69) is 10.6 Å². The Bertz CT molecular complexity index is 748. The van der Waals surface area contributed by atoms with E-state index in [-0.39, 0.29) is 17.9 Å². The summed E-state index contributed by atoms with van der Waals surface area (Å²) in [6.45, 7) is 10.5. The van der Waals surface area contributed by atoms with E-state index in [1.807, 2.05) is 46.8 Å². The fourth-order valence-electron chi connectivity index (χ4n) is 3.51. The highest BCUT2D eigenvalue weighted by molar-refractivity contribution is 5.85. The van der Waals surface area contributed by atoms with Crippen LogP contribution in [0.5, 0.6) is 5.75 Å². The molecule has 2 amide bonds. The van der Waals surface area contributed by atoms with Crippen molar-refractivity contribution in [1.29, 1.82) is 0 Å². The Hall–Kier alpha value is -2.28. The Morgan fingerprint density at radius 3 is 2.64 bits per heavy atom. The summed E-state index contributed by atoms with van der Waals surface area (Å²) in [5.74, 6) is 0.591. The minimum Gasteiger partial charge on any atom is -0.487 e. The maximum absolute atomic E-state index is 12.6. The van der Waals surface area contributed by atoms with Crippen LogP contribution in [-0.4, -0.2) is 36.4 Å². The largest absolute Gasteiger partial charge is 0.487 e. The van der Waals surface area contributed by atoms with Crippen LogP contribution >= 0.6 is 0 Å². The molecule has 2 heterocycles. The van der Waals surface area contributed by atoms with Crippen molar-refractivity contribution in [2.75, 3.05) is 18.5 Å². The van der Waals surface area contributed by atoms with Crippen LogP contribution in [0.3, 0.4) is 0 Å². The zero-order valence-electron chi connectivity index (χ0n) is 17.3. The predicted octanol–water partition coefficient (Wildman–Crippen LogP) is 3.79. The molecular formula is C21H30N2O5. The highest BCUT2D eigenvalue weighted by Gasteiger charge is 2.36. The number of rotatable bonds is 3. The van der Waals surface area contributed by atoms with Gasteiger partial charge in [0.1, 0.15) is 17.0 Å². The van der Waals surface area contributed by atoms with Gasteiger partial charge in [0.25, 0.3) is 0 Å². The van der Waals surface area contributed by atoms with Gasteiger partial charge in [-0.1, -0.05) is 0 Å². The van der Waals surface area contributed by atoms with Crippen molar-refractivity contribution < 1.29 is 23.8 Å². The summed E-state index contributed by atoms with van der Waals surface area (Å²) >= 11 is 0. The number of hydrogen-bond donors (Lipinski definition) is 2. The van der Waals surface area contributed by atoms with Gasteiger partial charge in [-0.3, -0.25) is 10.1 Å². The van der Waals surface area contributed by atoms with Crippen LogP contribution in [0.15, 0.2) is 18.2 Å². The van der Waals surface area contributed by atoms with Crippen molar-refractivity contribution in [3.63, 3.8) is 0 Å². The predicted molar refractivity (Wildman–Crippen MR) is 105 cm³/mol. The van der Waals surface area contributed by atoms with E-state index in [1.54, 1.807) is 6.07 Å². The highest BCUT2D eigenvalue weighted by Crippen LogP contribution is 2.41. The van der Waals surface area contributed by atoms with Crippen molar-refractivity contribution in [3.05, 3.63) is 23.8 Å². The Balaban J connectivity index is 1.79. The Morgan fingerprint density at radius 1 is 1.25 bits per heavy atom. The molecule has 28 heavy (non-hydrogen) atoms. The van der Waals surface area contributed by atoms with Gasteiger partial charge in [-0.25, -0.2) is 4.79 Å². The normalized spacial score (nSPS) is 23.3. The summed E-state index contributed by atoms with van der Waals surface area (Å²) in [5, 5.41) is 5.90. The highest BCUT2D eigenvalue weighted by atomic mass is 16.6. The molecule has 154 valence electrons. The minimum atomic E-state index is -0.578.